The zero-order valence-electron chi connectivity index (χ0n) is 22.1. The first kappa shape index (κ1) is 26.3. The van der Waals surface area contributed by atoms with Crippen molar-refractivity contribution in [3.05, 3.63) is 23.8 Å². The maximum atomic E-state index is 13.5. The number of carbonyl (C=O) groups excluding carboxylic acids is 3. The Morgan fingerprint density at radius 2 is 1.78 bits per heavy atom. The highest BCUT2D eigenvalue weighted by molar-refractivity contribution is 6.02. The molecule has 198 valence electrons. The van der Waals surface area contributed by atoms with Crippen molar-refractivity contribution in [2.24, 2.45) is 16.7 Å². The molecular weight excluding hydrogens is 460 g/mol. The lowest BCUT2D eigenvalue weighted by molar-refractivity contribution is -0.159. The van der Waals surface area contributed by atoms with E-state index in [0.29, 0.717) is 38.1 Å². The standard InChI is InChI=1S/C28H40N2O6/c1-17(15-19-10-11-26(2,3)27(19,4)5)36-24(34)20-7-6-14-30(20)25(35)28(12-13-28)29-23(33)18-8-9-21(31)22(32)16-18/h8-9,16-17,19-20,31-32H,6-7,10-15H2,1-5H3,(H,29,33). The molecule has 0 radical (unpaired) electrons. The van der Waals surface area contributed by atoms with Gasteiger partial charge in [0, 0.05) is 12.1 Å². The molecule has 2 amide bonds. The van der Waals surface area contributed by atoms with Crippen LogP contribution in [-0.2, 0) is 14.3 Å². The Hall–Kier alpha value is -2.77. The molecule has 1 aromatic rings. The Bertz CT molecular complexity index is 1040. The highest BCUT2D eigenvalue weighted by atomic mass is 16.5. The van der Waals surface area contributed by atoms with Crippen LogP contribution in [-0.4, -0.2) is 57.1 Å². The first-order valence-electron chi connectivity index (χ1n) is 13.1. The van der Waals surface area contributed by atoms with Gasteiger partial charge in [-0.2, -0.15) is 0 Å². The maximum absolute atomic E-state index is 13.5. The summed E-state index contributed by atoms with van der Waals surface area (Å²) in [7, 11) is 0. The minimum Gasteiger partial charge on any atom is -0.504 e. The van der Waals surface area contributed by atoms with Crippen molar-refractivity contribution in [2.45, 2.75) is 97.2 Å². The molecule has 3 aliphatic rings. The number of esters is 1. The summed E-state index contributed by atoms with van der Waals surface area (Å²) in [6.07, 6.45) is 5.10. The molecule has 1 aromatic carbocycles. The average molecular weight is 501 g/mol. The topological polar surface area (TPSA) is 116 Å². The number of carbonyl (C=O) groups is 3. The summed E-state index contributed by atoms with van der Waals surface area (Å²) in [6, 6.07) is 3.14. The Labute approximate surface area is 213 Å². The molecule has 36 heavy (non-hydrogen) atoms. The second-order valence-electron chi connectivity index (χ2n) is 12.2. The number of likely N-dealkylation sites (tertiary alicyclic amines) is 1. The highest BCUT2D eigenvalue weighted by Crippen LogP contribution is 2.57. The molecule has 4 rings (SSSR count). The molecule has 2 saturated carbocycles. The highest BCUT2D eigenvalue weighted by Gasteiger charge is 2.55. The first-order valence-corrected chi connectivity index (χ1v) is 13.1. The van der Waals surface area contributed by atoms with Crippen LogP contribution >= 0.6 is 0 Å². The van der Waals surface area contributed by atoms with Crippen LogP contribution in [0.3, 0.4) is 0 Å². The van der Waals surface area contributed by atoms with Gasteiger partial charge in [-0.15, -0.1) is 0 Å². The second-order valence-corrected chi connectivity index (χ2v) is 12.2. The number of aromatic hydroxyl groups is 2. The predicted molar refractivity (Wildman–Crippen MR) is 134 cm³/mol. The van der Waals surface area contributed by atoms with E-state index in [1.807, 2.05) is 6.92 Å². The lowest BCUT2D eigenvalue weighted by Gasteiger charge is -2.40. The number of hydrogen-bond acceptors (Lipinski definition) is 6. The summed E-state index contributed by atoms with van der Waals surface area (Å²) >= 11 is 0. The van der Waals surface area contributed by atoms with E-state index in [9.17, 15) is 24.6 Å². The molecule has 8 nitrogen and oxygen atoms in total. The number of ether oxygens (including phenoxy) is 1. The molecule has 3 N–H and O–H groups in total. The third-order valence-corrected chi connectivity index (χ3v) is 9.35. The molecule has 1 heterocycles. The van der Waals surface area contributed by atoms with Crippen molar-refractivity contribution in [3.63, 3.8) is 0 Å². The van der Waals surface area contributed by atoms with Gasteiger partial charge in [0.25, 0.3) is 5.91 Å². The van der Waals surface area contributed by atoms with Crippen molar-refractivity contribution in [1.29, 1.82) is 0 Å². The van der Waals surface area contributed by atoms with Gasteiger partial charge in [0.05, 0.1) is 6.10 Å². The van der Waals surface area contributed by atoms with Gasteiger partial charge >= 0.3 is 5.97 Å². The predicted octanol–water partition coefficient (Wildman–Crippen LogP) is 4.14. The second kappa shape index (κ2) is 9.27. The minimum absolute atomic E-state index is 0.147. The molecule has 0 aromatic heterocycles. The molecule has 2 aliphatic carbocycles. The largest absolute Gasteiger partial charge is 0.504 e. The van der Waals surface area contributed by atoms with Gasteiger partial charge in [-0.25, -0.2) is 4.79 Å². The van der Waals surface area contributed by atoms with Gasteiger partial charge in [-0.05, 0) is 86.8 Å². The van der Waals surface area contributed by atoms with E-state index in [1.165, 1.54) is 12.1 Å². The van der Waals surface area contributed by atoms with Gasteiger partial charge < -0.3 is 25.2 Å². The van der Waals surface area contributed by atoms with Crippen LogP contribution in [0.2, 0.25) is 0 Å². The van der Waals surface area contributed by atoms with Crippen LogP contribution in [0.5, 0.6) is 11.5 Å². The summed E-state index contributed by atoms with van der Waals surface area (Å²) < 4.78 is 5.87. The number of benzene rings is 1. The van der Waals surface area contributed by atoms with E-state index in [1.54, 1.807) is 4.90 Å². The Morgan fingerprint density at radius 3 is 2.36 bits per heavy atom. The molecule has 3 atom stereocenters. The zero-order valence-corrected chi connectivity index (χ0v) is 22.1. The number of phenols is 2. The summed E-state index contributed by atoms with van der Waals surface area (Å²) in [6.45, 7) is 11.6. The fourth-order valence-electron chi connectivity index (χ4n) is 5.91. The van der Waals surface area contributed by atoms with Crippen LogP contribution in [0.25, 0.3) is 0 Å². The normalized spacial score (nSPS) is 26.3. The Kier molecular flexibility index (Phi) is 6.77. The van der Waals surface area contributed by atoms with Crippen molar-refractivity contribution in [3.8, 4) is 11.5 Å². The van der Waals surface area contributed by atoms with Gasteiger partial charge in [0.2, 0.25) is 5.91 Å². The van der Waals surface area contributed by atoms with Crippen LogP contribution in [0.4, 0.5) is 0 Å². The average Bonchev–Trinajstić information content (AvgIpc) is 3.35. The van der Waals surface area contributed by atoms with Crippen LogP contribution in [0.1, 0.15) is 89.9 Å². The van der Waals surface area contributed by atoms with Gasteiger partial charge in [-0.1, -0.05) is 27.7 Å². The van der Waals surface area contributed by atoms with Gasteiger partial charge in [0.1, 0.15) is 11.6 Å². The van der Waals surface area contributed by atoms with E-state index < -0.39 is 23.2 Å². The number of hydrogen-bond donors (Lipinski definition) is 3. The van der Waals surface area contributed by atoms with Crippen LogP contribution < -0.4 is 5.32 Å². The zero-order chi connectivity index (χ0) is 26.5. The quantitative estimate of drug-likeness (QED) is 0.383. The molecule has 0 bridgehead atoms. The van der Waals surface area contributed by atoms with E-state index >= 15 is 0 Å². The van der Waals surface area contributed by atoms with E-state index in [0.717, 1.165) is 25.3 Å². The minimum atomic E-state index is -1.04. The van der Waals surface area contributed by atoms with Gasteiger partial charge in [0.15, 0.2) is 11.5 Å². The fraction of sp³-hybridized carbons (Fsp3) is 0.679. The van der Waals surface area contributed by atoms with Crippen LogP contribution in [0.15, 0.2) is 18.2 Å². The molecule has 3 unspecified atom stereocenters. The number of amides is 2. The summed E-state index contributed by atoms with van der Waals surface area (Å²) in [5.41, 5.74) is -0.488. The maximum Gasteiger partial charge on any atom is 0.329 e. The van der Waals surface area contributed by atoms with E-state index in [4.69, 9.17) is 4.74 Å². The molecule has 3 fully saturated rings. The molecule has 1 saturated heterocycles. The molecular formula is C28H40N2O6. The lowest BCUT2D eigenvalue weighted by atomic mass is 9.66. The summed E-state index contributed by atoms with van der Waals surface area (Å²) in [4.78, 5) is 40.9. The van der Waals surface area contributed by atoms with Crippen LogP contribution in [0, 0.1) is 16.7 Å². The summed E-state index contributed by atoms with van der Waals surface area (Å²) in [5, 5.41) is 22.0. The third-order valence-electron chi connectivity index (χ3n) is 9.35. The van der Waals surface area contributed by atoms with E-state index in [-0.39, 0.29) is 40.1 Å². The third kappa shape index (κ3) is 4.78. The van der Waals surface area contributed by atoms with Crippen molar-refractivity contribution >= 4 is 17.8 Å². The first-order chi connectivity index (χ1) is 16.8. The number of nitrogens with zero attached hydrogens (tertiary/aromatic N) is 1. The number of rotatable bonds is 7. The van der Waals surface area contributed by atoms with E-state index in [2.05, 4.69) is 33.0 Å². The van der Waals surface area contributed by atoms with Crippen molar-refractivity contribution < 1.29 is 29.3 Å². The fourth-order valence-corrected chi connectivity index (χ4v) is 5.91. The molecule has 0 spiro atoms. The van der Waals surface area contributed by atoms with Crippen molar-refractivity contribution in [1.82, 2.24) is 10.2 Å². The Morgan fingerprint density at radius 1 is 1.08 bits per heavy atom. The molecule has 8 heteroatoms. The van der Waals surface area contributed by atoms with Crippen molar-refractivity contribution in [2.75, 3.05) is 6.54 Å². The number of nitrogens with one attached hydrogen (secondary N) is 1. The molecule has 1 aliphatic heterocycles. The monoisotopic (exact) mass is 500 g/mol. The number of phenolic OH excluding ortho intramolecular Hbond substituents is 2. The Balaban J connectivity index is 1.37. The SMILES string of the molecule is CC(CC1CCC(C)(C)C1(C)C)OC(=O)C1CCCN1C(=O)C1(NC(=O)c2ccc(O)c(O)c2)CC1. The summed E-state index contributed by atoms with van der Waals surface area (Å²) in [5.74, 6) is -1.39. The van der Waals surface area contributed by atoms with Gasteiger partial charge in [-0.3, -0.25) is 9.59 Å². The smallest absolute Gasteiger partial charge is 0.329 e. The lowest BCUT2D eigenvalue weighted by Crippen LogP contribution is -2.53.